The second kappa shape index (κ2) is 51.3. The van der Waals surface area contributed by atoms with Crippen molar-refractivity contribution in [2.24, 2.45) is 35.5 Å². The Hall–Kier alpha value is -6.33. The highest BCUT2D eigenvalue weighted by Crippen LogP contribution is 2.30. The molecule has 0 aliphatic carbocycles. The number of hydrogen-bond donors (Lipinski definition) is 0. The van der Waals surface area contributed by atoms with E-state index in [1.54, 1.807) is 0 Å². The zero-order chi connectivity index (χ0) is 65.1. The number of rotatable bonds is 50. The molecule has 0 aromatic rings. The van der Waals surface area contributed by atoms with Crippen LogP contribution in [-0.4, -0.2) is 93.4 Å². The van der Waals surface area contributed by atoms with Gasteiger partial charge >= 0.3 is 53.7 Å². The van der Waals surface area contributed by atoms with Crippen LogP contribution < -0.4 is 0 Å². The average molecular weight is 1260 g/mol. The van der Waals surface area contributed by atoms with Crippen molar-refractivity contribution in [3.8, 4) is 0 Å². The fourth-order valence-corrected chi connectivity index (χ4v) is 11.1. The lowest BCUT2D eigenvalue weighted by Gasteiger charge is -2.20. The van der Waals surface area contributed by atoms with Gasteiger partial charge in [-0.15, -0.1) is 0 Å². The summed E-state index contributed by atoms with van der Waals surface area (Å²) < 4.78 is 47.0. The van der Waals surface area contributed by atoms with Crippen molar-refractivity contribution in [3.63, 3.8) is 0 Å². The van der Waals surface area contributed by atoms with Gasteiger partial charge in [-0.3, -0.25) is 43.2 Å². The molecule has 90 heavy (non-hydrogen) atoms. The van der Waals surface area contributed by atoms with Gasteiger partial charge in [0, 0.05) is 19.3 Å². The third-order valence-corrected chi connectivity index (χ3v) is 16.6. The fraction of sp³-hybridized carbons (Fsp3) is 0.708. The van der Waals surface area contributed by atoms with Crippen LogP contribution in [0.25, 0.3) is 0 Å². The summed E-state index contributed by atoms with van der Waals surface area (Å²) in [5.74, 6) is -5.71. The molecule has 3 aliphatic rings. The molecule has 7 atom stereocenters. The van der Waals surface area contributed by atoms with Crippen molar-refractivity contribution < 1.29 is 85.8 Å². The predicted molar refractivity (Wildman–Crippen MR) is 342 cm³/mol. The molecule has 0 radical (unpaired) electrons. The SMILES string of the molecule is CCCCCCCCC(/C=C/CCCCCCC(=O)OC(COC(=O)CCCCCCC/C=C\C=C\C(CCCCC)C1CC(=O)OCOC1=O)COC(=O)CCCCCCC/C=C\C/C=C\C=C\C(CC)C1CC(=O)OCOC1=O)C1CC(=O)OCOC1=O. The van der Waals surface area contributed by atoms with Crippen LogP contribution >= 0.6 is 0 Å². The van der Waals surface area contributed by atoms with Crippen LogP contribution in [-0.2, 0) is 85.8 Å². The normalized spacial score (nSPS) is 19.0. The molecule has 3 saturated heterocycles. The molecule has 0 aromatic heterocycles. The minimum absolute atomic E-state index is 0.0135. The number of cyclic esters (lactones) is 6. The van der Waals surface area contributed by atoms with Crippen LogP contribution in [0.2, 0.25) is 0 Å². The van der Waals surface area contributed by atoms with E-state index in [4.69, 9.17) is 42.6 Å². The Kier molecular flexibility index (Phi) is 44.4. The van der Waals surface area contributed by atoms with E-state index >= 15 is 0 Å². The number of ether oxygens (including phenoxy) is 9. The molecule has 3 fully saturated rings. The number of hydrogen-bond acceptors (Lipinski definition) is 18. The first-order valence-electron chi connectivity index (χ1n) is 34.3. The molecule has 7 unspecified atom stereocenters. The Morgan fingerprint density at radius 2 is 0.789 bits per heavy atom. The van der Waals surface area contributed by atoms with Gasteiger partial charge in [0.25, 0.3) is 0 Å². The molecule has 0 amide bonds. The second-order valence-electron chi connectivity index (χ2n) is 24.0. The van der Waals surface area contributed by atoms with Crippen LogP contribution in [0.4, 0.5) is 0 Å². The quantitative estimate of drug-likeness (QED) is 0.0181. The highest BCUT2D eigenvalue weighted by molar-refractivity contribution is 5.83. The zero-order valence-electron chi connectivity index (χ0n) is 54.8. The monoisotopic (exact) mass is 1260 g/mol. The topological polar surface area (TPSA) is 237 Å². The number of esters is 9. The molecule has 3 heterocycles. The van der Waals surface area contributed by atoms with Gasteiger partial charge in [-0.1, -0.05) is 203 Å². The van der Waals surface area contributed by atoms with Gasteiger partial charge < -0.3 is 42.6 Å². The first-order chi connectivity index (χ1) is 43.8. The molecule has 0 aromatic carbocycles. The van der Waals surface area contributed by atoms with Gasteiger partial charge in [-0.25, -0.2) is 0 Å². The third kappa shape index (κ3) is 37.7. The van der Waals surface area contributed by atoms with Crippen molar-refractivity contribution in [2.75, 3.05) is 33.6 Å². The summed E-state index contributed by atoms with van der Waals surface area (Å²) in [6.45, 7) is 4.85. The average Bonchev–Trinajstić information content (AvgIpc) is 2.26. The van der Waals surface area contributed by atoms with Gasteiger partial charge in [0.15, 0.2) is 6.10 Å². The number of carbonyl (C=O) groups is 9. The van der Waals surface area contributed by atoms with E-state index in [-0.39, 0.29) is 89.9 Å². The summed E-state index contributed by atoms with van der Waals surface area (Å²) in [4.78, 5) is 113. The maximum Gasteiger partial charge on any atom is 0.313 e. The highest BCUT2D eigenvalue weighted by atomic mass is 16.7. The lowest BCUT2D eigenvalue weighted by Crippen LogP contribution is -2.30. The summed E-state index contributed by atoms with van der Waals surface area (Å²) in [6.07, 6.45) is 51.6. The molecule has 18 heteroatoms. The maximum absolute atomic E-state index is 13.1. The largest absolute Gasteiger partial charge is 0.462 e. The van der Waals surface area contributed by atoms with Crippen LogP contribution in [0, 0.1) is 35.5 Å². The second-order valence-corrected chi connectivity index (χ2v) is 24.0. The molecule has 0 N–H and O–H groups in total. The molecule has 3 aliphatic heterocycles. The van der Waals surface area contributed by atoms with E-state index in [9.17, 15) is 43.2 Å². The van der Waals surface area contributed by atoms with Crippen molar-refractivity contribution in [2.45, 2.75) is 258 Å². The number of carbonyl (C=O) groups excluding carboxylic acids is 9. The standard InChI is InChI=1S/C72H110O18/c1-4-7-9-10-26-35-44-59(63-51-69(78)86-56-89-72(63)81)45-37-29-24-25-32-40-48-66(75)90-60(52-82-64(73)46-38-30-22-18-14-12-11-13-16-20-27-34-41-57(6-3)61-49-67(76)84-54-87-70(61)79)53-83-65(74)47-39-31-23-19-15-17-21-28-36-43-58(42-33-8-5-2)62-50-68(77)85-55-88-71(62)80/h11,13,20-21,27-28,34,36-37,41,43,45,57-63H,4-10,12,14-19,22-26,29-33,35,38-40,42,44,46-56H2,1-3H3/b13-11-,27-20-,28-21-,41-34+,43-36+,45-37+. The van der Waals surface area contributed by atoms with Crippen molar-refractivity contribution >= 4 is 53.7 Å². The van der Waals surface area contributed by atoms with E-state index in [0.717, 1.165) is 148 Å². The van der Waals surface area contributed by atoms with Crippen LogP contribution in [0.3, 0.4) is 0 Å². The Morgan fingerprint density at radius 3 is 1.30 bits per heavy atom. The lowest BCUT2D eigenvalue weighted by atomic mass is 9.84. The van der Waals surface area contributed by atoms with Crippen molar-refractivity contribution in [1.29, 1.82) is 0 Å². The predicted octanol–water partition coefficient (Wildman–Crippen LogP) is 15.3. The van der Waals surface area contributed by atoms with E-state index < -0.39 is 77.6 Å². The molecule has 18 nitrogen and oxygen atoms in total. The Morgan fingerprint density at radius 1 is 0.400 bits per heavy atom. The third-order valence-electron chi connectivity index (χ3n) is 16.6. The number of unbranched alkanes of at least 4 members (excludes halogenated alkanes) is 21. The van der Waals surface area contributed by atoms with Gasteiger partial charge in [-0.05, 0) is 101 Å². The maximum atomic E-state index is 13.1. The zero-order valence-corrected chi connectivity index (χ0v) is 54.8. The van der Waals surface area contributed by atoms with Gasteiger partial charge in [0.2, 0.25) is 20.4 Å². The van der Waals surface area contributed by atoms with Gasteiger partial charge in [0.05, 0.1) is 37.0 Å². The lowest BCUT2D eigenvalue weighted by molar-refractivity contribution is -0.167. The Balaban J connectivity index is 1.39. The molecular formula is C72H110O18. The molecule has 0 bridgehead atoms. The van der Waals surface area contributed by atoms with Crippen molar-refractivity contribution in [1.82, 2.24) is 0 Å². The fourth-order valence-electron chi connectivity index (χ4n) is 11.1. The summed E-state index contributed by atoms with van der Waals surface area (Å²) in [5, 5.41) is 0. The first kappa shape index (κ1) is 77.9. The van der Waals surface area contributed by atoms with Gasteiger partial charge in [0.1, 0.15) is 13.2 Å². The van der Waals surface area contributed by atoms with Gasteiger partial charge in [-0.2, -0.15) is 0 Å². The summed E-state index contributed by atoms with van der Waals surface area (Å²) in [7, 11) is 0. The Bertz CT molecular complexity index is 2260. The summed E-state index contributed by atoms with van der Waals surface area (Å²) in [5.41, 5.74) is 0. The minimum atomic E-state index is -0.940. The van der Waals surface area contributed by atoms with Crippen LogP contribution in [0.5, 0.6) is 0 Å². The van der Waals surface area contributed by atoms with E-state index in [2.05, 4.69) is 44.2 Å². The van der Waals surface area contributed by atoms with Crippen LogP contribution in [0.1, 0.15) is 252 Å². The van der Waals surface area contributed by atoms with E-state index in [1.165, 1.54) is 19.3 Å². The minimum Gasteiger partial charge on any atom is -0.462 e. The molecule has 0 spiro atoms. The van der Waals surface area contributed by atoms with Crippen LogP contribution in [0.15, 0.2) is 72.9 Å². The molecule has 506 valence electrons. The summed E-state index contributed by atoms with van der Waals surface area (Å²) in [6, 6.07) is 0. The van der Waals surface area contributed by atoms with Crippen molar-refractivity contribution in [3.05, 3.63) is 72.9 Å². The molecule has 0 saturated carbocycles. The summed E-state index contributed by atoms with van der Waals surface area (Å²) >= 11 is 0. The van der Waals surface area contributed by atoms with E-state index in [0.29, 0.717) is 25.7 Å². The smallest absolute Gasteiger partial charge is 0.313 e. The molecular weight excluding hydrogens is 1150 g/mol. The molecule has 3 rings (SSSR count). The van der Waals surface area contributed by atoms with E-state index in [1.807, 2.05) is 49.5 Å². The Labute approximate surface area is 537 Å². The first-order valence-corrected chi connectivity index (χ1v) is 34.3. The number of allylic oxidation sites excluding steroid dienone is 12. The highest BCUT2D eigenvalue weighted by Gasteiger charge is 2.35.